The molecule has 98 valence electrons. The number of fused-ring (bicyclic) bond motifs is 1. The van der Waals surface area contributed by atoms with Crippen molar-refractivity contribution in [1.29, 1.82) is 0 Å². The maximum atomic E-state index is 10.5. The van der Waals surface area contributed by atoms with E-state index in [1.165, 1.54) is 0 Å². The first-order chi connectivity index (χ1) is 8.66. The lowest BCUT2D eigenvalue weighted by Gasteiger charge is -2.08. The van der Waals surface area contributed by atoms with Crippen molar-refractivity contribution < 1.29 is 14.3 Å². The highest BCUT2D eigenvalue weighted by Gasteiger charge is 2.15. The number of hydrogen-bond donors (Lipinski definition) is 3. The molecular weight excluding hydrogens is 302 g/mol. The minimum atomic E-state index is -0.513. The van der Waals surface area contributed by atoms with E-state index < -0.39 is 6.03 Å². The SMILES string of the molecule is NC(=O)NCCNCc1cc2c(cc1Br)OCO2. The number of hydrogen-bond acceptors (Lipinski definition) is 4. The lowest BCUT2D eigenvalue weighted by Crippen LogP contribution is -2.35. The molecule has 2 rings (SSSR count). The molecule has 0 radical (unpaired) electrons. The van der Waals surface area contributed by atoms with E-state index in [1.54, 1.807) is 0 Å². The zero-order chi connectivity index (χ0) is 13.0. The Morgan fingerprint density at radius 3 is 2.78 bits per heavy atom. The van der Waals surface area contributed by atoms with Gasteiger partial charge in [0.15, 0.2) is 11.5 Å². The van der Waals surface area contributed by atoms with E-state index in [9.17, 15) is 4.79 Å². The van der Waals surface area contributed by atoms with E-state index in [0.717, 1.165) is 21.5 Å². The highest BCUT2D eigenvalue weighted by atomic mass is 79.9. The molecule has 18 heavy (non-hydrogen) atoms. The van der Waals surface area contributed by atoms with Crippen molar-refractivity contribution in [3.63, 3.8) is 0 Å². The summed E-state index contributed by atoms with van der Waals surface area (Å²) in [5.41, 5.74) is 6.02. The predicted octanol–water partition coefficient (Wildman–Crippen LogP) is 0.936. The second-order valence-corrected chi connectivity index (χ2v) is 4.62. The lowest BCUT2D eigenvalue weighted by molar-refractivity contribution is 0.174. The summed E-state index contributed by atoms with van der Waals surface area (Å²) in [6, 6.07) is 3.31. The van der Waals surface area contributed by atoms with Gasteiger partial charge in [-0.05, 0) is 17.7 Å². The molecule has 2 amide bonds. The third kappa shape index (κ3) is 3.27. The number of amides is 2. The minimum Gasteiger partial charge on any atom is -0.454 e. The number of carbonyl (C=O) groups is 1. The van der Waals surface area contributed by atoms with E-state index in [4.69, 9.17) is 15.2 Å². The molecule has 1 aliphatic rings. The first-order valence-electron chi connectivity index (χ1n) is 5.49. The molecule has 0 bridgehead atoms. The fourth-order valence-electron chi connectivity index (χ4n) is 1.59. The van der Waals surface area contributed by atoms with Gasteiger partial charge in [-0.3, -0.25) is 0 Å². The van der Waals surface area contributed by atoms with Crippen LogP contribution >= 0.6 is 15.9 Å². The summed E-state index contributed by atoms with van der Waals surface area (Å²) < 4.78 is 11.5. The maximum Gasteiger partial charge on any atom is 0.312 e. The van der Waals surface area contributed by atoms with E-state index >= 15 is 0 Å². The van der Waals surface area contributed by atoms with Crippen molar-refractivity contribution in [3.8, 4) is 11.5 Å². The quantitative estimate of drug-likeness (QED) is 0.706. The van der Waals surface area contributed by atoms with Crippen LogP contribution in [0.25, 0.3) is 0 Å². The molecule has 1 heterocycles. The van der Waals surface area contributed by atoms with Crippen molar-refractivity contribution in [2.75, 3.05) is 19.9 Å². The Morgan fingerprint density at radius 2 is 2.06 bits per heavy atom. The second-order valence-electron chi connectivity index (χ2n) is 3.76. The molecule has 0 aliphatic carbocycles. The van der Waals surface area contributed by atoms with E-state index in [-0.39, 0.29) is 6.79 Å². The van der Waals surface area contributed by atoms with Gasteiger partial charge in [-0.1, -0.05) is 15.9 Å². The third-order valence-electron chi connectivity index (χ3n) is 2.46. The van der Waals surface area contributed by atoms with Crippen molar-refractivity contribution in [2.45, 2.75) is 6.54 Å². The Morgan fingerprint density at radius 1 is 1.33 bits per heavy atom. The van der Waals surface area contributed by atoms with Gasteiger partial charge in [0.2, 0.25) is 6.79 Å². The number of rotatable bonds is 5. The smallest absolute Gasteiger partial charge is 0.312 e. The van der Waals surface area contributed by atoms with Crippen LogP contribution in [0.4, 0.5) is 4.79 Å². The van der Waals surface area contributed by atoms with Crippen LogP contribution in [0.5, 0.6) is 11.5 Å². The van der Waals surface area contributed by atoms with Gasteiger partial charge >= 0.3 is 6.03 Å². The zero-order valence-electron chi connectivity index (χ0n) is 9.66. The number of primary amides is 1. The summed E-state index contributed by atoms with van der Waals surface area (Å²) >= 11 is 3.48. The van der Waals surface area contributed by atoms with Crippen molar-refractivity contribution >= 4 is 22.0 Å². The van der Waals surface area contributed by atoms with Crippen molar-refractivity contribution in [3.05, 3.63) is 22.2 Å². The van der Waals surface area contributed by atoms with Gasteiger partial charge in [0.25, 0.3) is 0 Å². The van der Waals surface area contributed by atoms with Crippen molar-refractivity contribution in [2.24, 2.45) is 5.73 Å². The Bertz CT molecular complexity index is 453. The second kappa shape index (κ2) is 5.92. The van der Waals surface area contributed by atoms with Gasteiger partial charge in [0, 0.05) is 24.1 Å². The monoisotopic (exact) mass is 315 g/mol. The topological polar surface area (TPSA) is 85.6 Å². The molecule has 0 spiro atoms. The molecule has 0 saturated heterocycles. The first-order valence-corrected chi connectivity index (χ1v) is 6.28. The van der Waals surface area contributed by atoms with Gasteiger partial charge in [-0.2, -0.15) is 0 Å². The molecule has 0 atom stereocenters. The summed E-state index contributed by atoms with van der Waals surface area (Å²) in [7, 11) is 0. The summed E-state index contributed by atoms with van der Waals surface area (Å²) in [5, 5.41) is 5.70. The lowest BCUT2D eigenvalue weighted by atomic mass is 10.2. The average molecular weight is 316 g/mol. The van der Waals surface area contributed by atoms with Gasteiger partial charge in [-0.25, -0.2) is 4.79 Å². The number of nitrogens with two attached hydrogens (primary N) is 1. The fourth-order valence-corrected chi connectivity index (χ4v) is 2.05. The molecule has 4 N–H and O–H groups in total. The highest BCUT2D eigenvalue weighted by molar-refractivity contribution is 9.10. The fraction of sp³-hybridized carbons (Fsp3) is 0.364. The molecular formula is C11H14BrN3O3. The standard InChI is InChI=1S/C11H14BrN3O3/c12-8-4-10-9(17-6-18-10)3-7(8)5-14-1-2-15-11(13)16/h3-4,14H,1-2,5-6H2,(H3,13,15,16). The van der Waals surface area contributed by atoms with Crippen LogP contribution in [0.3, 0.4) is 0 Å². The molecule has 0 saturated carbocycles. The number of nitrogens with one attached hydrogen (secondary N) is 2. The van der Waals surface area contributed by atoms with Gasteiger partial charge < -0.3 is 25.8 Å². The Labute approximate surface area is 113 Å². The number of halogens is 1. The van der Waals surface area contributed by atoms with Crippen LogP contribution < -0.4 is 25.8 Å². The molecule has 1 aromatic rings. The average Bonchev–Trinajstić information content (AvgIpc) is 2.75. The van der Waals surface area contributed by atoms with Gasteiger partial charge in [0.05, 0.1) is 0 Å². The van der Waals surface area contributed by atoms with E-state index in [0.29, 0.717) is 19.6 Å². The number of benzene rings is 1. The van der Waals surface area contributed by atoms with Crippen LogP contribution in [0, 0.1) is 0 Å². The normalized spacial score (nSPS) is 12.5. The van der Waals surface area contributed by atoms with Crippen LogP contribution in [0.2, 0.25) is 0 Å². The van der Waals surface area contributed by atoms with E-state index in [1.807, 2.05) is 12.1 Å². The Balaban J connectivity index is 1.84. The van der Waals surface area contributed by atoms with Crippen LogP contribution in [0.1, 0.15) is 5.56 Å². The minimum absolute atomic E-state index is 0.265. The summed E-state index contributed by atoms with van der Waals surface area (Å²) in [6.07, 6.45) is 0. The molecule has 1 aliphatic heterocycles. The van der Waals surface area contributed by atoms with Crippen molar-refractivity contribution in [1.82, 2.24) is 10.6 Å². The third-order valence-corrected chi connectivity index (χ3v) is 3.20. The molecule has 0 fully saturated rings. The number of ether oxygens (including phenoxy) is 2. The first kappa shape index (κ1) is 13.0. The van der Waals surface area contributed by atoms with Crippen LogP contribution in [0.15, 0.2) is 16.6 Å². The summed E-state index contributed by atoms with van der Waals surface area (Å²) in [4.78, 5) is 10.5. The molecule has 0 aromatic heterocycles. The van der Waals surface area contributed by atoms with Gasteiger partial charge in [0.1, 0.15) is 0 Å². The summed E-state index contributed by atoms with van der Waals surface area (Å²) in [5.74, 6) is 1.51. The molecule has 6 nitrogen and oxygen atoms in total. The maximum absolute atomic E-state index is 10.5. The summed E-state index contributed by atoms with van der Waals surface area (Å²) in [6.45, 7) is 2.07. The molecule has 0 unspecified atom stereocenters. The molecule has 7 heteroatoms. The van der Waals surface area contributed by atoms with Gasteiger partial charge in [-0.15, -0.1) is 0 Å². The number of carbonyl (C=O) groups excluding carboxylic acids is 1. The van der Waals surface area contributed by atoms with Crippen LogP contribution in [-0.4, -0.2) is 25.9 Å². The Kier molecular flexibility index (Phi) is 4.27. The largest absolute Gasteiger partial charge is 0.454 e. The number of urea groups is 1. The highest BCUT2D eigenvalue weighted by Crippen LogP contribution is 2.36. The Hall–Kier alpha value is -1.47. The van der Waals surface area contributed by atoms with E-state index in [2.05, 4.69) is 26.6 Å². The van der Waals surface area contributed by atoms with Crippen LogP contribution in [-0.2, 0) is 6.54 Å². The zero-order valence-corrected chi connectivity index (χ0v) is 11.2. The molecule has 1 aromatic carbocycles. The predicted molar refractivity (Wildman–Crippen MR) is 69.6 cm³/mol.